The highest BCUT2D eigenvalue weighted by molar-refractivity contribution is 7.88. The number of ether oxygens (including phenoxy) is 5. The van der Waals surface area contributed by atoms with Crippen molar-refractivity contribution in [1.82, 2.24) is 59.3 Å². The van der Waals surface area contributed by atoms with Crippen molar-refractivity contribution in [2.75, 3.05) is 91.6 Å². The van der Waals surface area contributed by atoms with Gasteiger partial charge in [-0.15, -0.1) is 0 Å². The number of carbonyl (C=O) groups is 1. The lowest BCUT2D eigenvalue weighted by molar-refractivity contribution is 0.0130. The van der Waals surface area contributed by atoms with E-state index in [-0.39, 0.29) is 22.3 Å². The fourth-order valence-electron chi connectivity index (χ4n) is 19.6. The van der Waals surface area contributed by atoms with Crippen LogP contribution in [0, 0.1) is 32.2 Å². The van der Waals surface area contributed by atoms with Crippen LogP contribution < -0.4 is 24.3 Å². The van der Waals surface area contributed by atoms with Crippen LogP contribution in [0.3, 0.4) is 0 Å². The molecule has 8 heterocycles. The van der Waals surface area contributed by atoms with E-state index >= 15 is 0 Å². The molecule has 0 unspecified atom stereocenters. The smallest absolute Gasteiger partial charge is 0.410 e. The first-order valence-corrected chi connectivity index (χ1v) is 53.3. The number of hydrogen-bond donors (Lipinski definition) is 5. The van der Waals surface area contributed by atoms with E-state index in [1.807, 2.05) is 112 Å². The normalized spacial score (nSPS) is 16.0. The van der Waals surface area contributed by atoms with E-state index in [1.165, 1.54) is 41.1 Å². The van der Waals surface area contributed by atoms with E-state index < -0.39 is 21.0 Å². The number of nitrogens with zero attached hydrogens (tertiary/aromatic N) is 11. The molecule has 1 amide bonds. The number of rotatable bonds is 23. The molecule has 4 aromatic heterocycles. The Bertz CT molecular complexity index is 7650. The number of carbonyl (C=O) groups excluding carboxylic acids is 1. The van der Waals surface area contributed by atoms with Gasteiger partial charge in [-0.05, 0) is 257 Å². The molecule has 5 fully saturated rings. The number of nitrogens with one attached hydrogen (secondary N) is 5. The highest BCUT2D eigenvalue weighted by Gasteiger charge is 2.44. The zero-order valence-electron chi connectivity index (χ0n) is 81.1. The van der Waals surface area contributed by atoms with Crippen LogP contribution >= 0.6 is 92.8 Å². The van der Waals surface area contributed by atoms with Gasteiger partial charge in [-0.2, -0.15) is 19.9 Å². The van der Waals surface area contributed by atoms with E-state index in [1.54, 1.807) is 65.6 Å². The molecule has 21 rings (SSSR count). The summed E-state index contributed by atoms with van der Waals surface area (Å²) in [5, 5.41) is 7.10. The van der Waals surface area contributed by atoms with Crippen LogP contribution in [0.15, 0.2) is 243 Å². The first-order valence-electron chi connectivity index (χ1n) is 48.4. The van der Waals surface area contributed by atoms with Crippen molar-refractivity contribution in [3.63, 3.8) is 0 Å². The Morgan fingerprint density at radius 2 is 0.633 bits per heavy atom. The summed E-state index contributed by atoms with van der Waals surface area (Å²) in [6, 6.07) is 80.2. The number of H-pyrrole nitrogens is 4. The highest BCUT2D eigenvalue weighted by Crippen LogP contribution is 2.46. The second-order valence-electron chi connectivity index (χ2n) is 39.2. The van der Waals surface area contributed by atoms with Gasteiger partial charge in [0.15, 0.2) is 22.7 Å². The number of sulfonamides is 1. The second kappa shape index (κ2) is 45.0. The molecule has 12 aromatic carbocycles. The van der Waals surface area contributed by atoms with Crippen molar-refractivity contribution in [2.45, 2.75) is 112 Å². The summed E-state index contributed by atoms with van der Waals surface area (Å²) in [6.45, 7) is 43.6. The van der Waals surface area contributed by atoms with Crippen molar-refractivity contribution < 1.29 is 36.9 Å². The SMILES string of the molecule is [C-]#[N+]c1cccc(-c2ccc(C3(COc4nc5cc(Cl)c(Cl)cc5[nH]4)CCN(C(=O)OC(C)(C)C)CC3)cc2)c1.[C-]#[N+]c1cccc(-c2ccc(C3(COc4nc5cc(Cl)c(Cl)cc5[nH]4)CCN(CC4CC4)CC3)cc2)c1.[C-]#[N+]c1cccc(-c2ccc(C3(COc4nc5cc(Cl)c(Cl)cc5[nH]4)CCN(S(C)(=O)=O)CC3)cc2)c1.[C-]#[N+]c1cccc(-c2ccc(C3(COc4nc5cc(Cl)c(Cl)cc5[nH]4)CCNCC3)cc2)c1. The number of fused-ring (bicyclic) bond motifs is 4. The van der Waals surface area contributed by atoms with Crippen molar-refractivity contribution in [3.8, 4) is 68.5 Å². The van der Waals surface area contributed by atoms with Crippen LogP contribution in [-0.2, 0) is 36.4 Å². The number of piperidine rings is 4. The highest BCUT2D eigenvalue weighted by atomic mass is 35.5. The van der Waals surface area contributed by atoms with Crippen LogP contribution in [0.5, 0.6) is 24.0 Å². The molecular weight excluding hydrogens is 2040 g/mol. The number of hydrogen-bond acceptors (Lipinski definition) is 14. The molecule has 1 saturated carbocycles. The van der Waals surface area contributed by atoms with Crippen molar-refractivity contribution in [3.05, 3.63) is 351 Å². The van der Waals surface area contributed by atoms with Crippen molar-refractivity contribution in [2.24, 2.45) is 5.92 Å². The van der Waals surface area contributed by atoms with Gasteiger partial charge < -0.3 is 58.7 Å². The maximum absolute atomic E-state index is 12.8. The molecule has 0 radical (unpaired) electrons. The van der Waals surface area contributed by atoms with Gasteiger partial charge in [-0.3, -0.25) is 0 Å². The van der Waals surface area contributed by atoms with Crippen LogP contribution in [-0.4, -0.2) is 166 Å². The summed E-state index contributed by atoms with van der Waals surface area (Å²) in [5.41, 5.74) is 19.8. The van der Waals surface area contributed by atoms with E-state index in [4.69, 9.17) is 143 Å². The fraction of sp³-hybridized carbons (Fsp3) is 0.289. The third-order valence-electron chi connectivity index (χ3n) is 28.3. The predicted molar refractivity (Wildman–Crippen MR) is 589 cm³/mol. The van der Waals surface area contributed by atoms with Gasteiger partial charge in [-0.25, -0.2) is 36.9 Å². The topological polar surface area (TPSA) is 251 Å². The Hall–Kier alpha value is -12.9. The number of benzene rings is 12. The average Bonchev–Trinajstić information content (AvgIpc) is 1.31. The van der Waals surface area contributed by atoms with E-state index in [0.717, 1.165) is 147 Å². The zero-order chi connectivity index (χ0) is 103. The molecule has 750 valence electrons. The number of likely N-dealkylation sites (tertiary alicyclic amines) is 2. The molecule has 16 aromatic rings. The van der Waals surface area contributed by atoms with E-state index in [2.05, 4.69) is 160 Å². The van der Waals surface area contributed by atoms with Crippen LogP contribution in [0.2, 0.25) is 40.2 Å². The van der Waals surface area contributed by atoms with Crippen molar-refractivity contribution in [1.29, 1.82) is 0 Å². The van der Waals surface area contributed by atoms with Crippen LogP contribution in [0.4, 0.5) is 27.5 Å². The summed E-state index contributed by atoms with van der Waals surface area (Å²) in [5.74, 6) is 0.892. The molecule has 4 aliphatic heterocycles. The van der Waals surface area contributed by atoms with Gasteiger partial charge in [0.2, 0.25) is 10.0 Å². The molecule has 33 heteroatoms. The van der Waals surface area contributed by atoms with Gasteiger partial charge >= 0.3 is 6.09 Å². The maximum Gasteiger partial charge on any atom is 0.410 e. The number of amides is 1. The number of imidazole rings is 4. The molecule has 0 atom stereocenters. The quantitative estimate of drug-likeness (QED) is 0.0374. The van der Waals surface area contributed by atoms with Crippen molar-refractivity contribution >= 4 is 176 Å². The molecular formula is C114H104Cl8N16O8S. The summed E-state index contributed by atoms with van der Waals surface area (Å²) >= 11 is 49.2. The number of halogens is 8. The molecule has 5 N–H and O–H groups in total. The molecule has 4 saturated heterocycles. The summed E-state index contributed by atoms with van der Waals surface area (Å²) < 4.78 is 56.4. The minimum Gasteiger partial charge on any atom is -0.464 e. The lowest BCUT2D eigenvalue weighted by Crippen LogP contribution is -2.49. The molecule has 0 bridgehead atoms. The third kappa shape index (κ3) is 24.9. The fourth-order valence-corrected chi connectivity index (χ4v) is 21.7. The van der Waals surface area contributed by atoms with E-state index in [0.29, 0.717) is 176 Å². The molecule has 24 nitrogen and oxygen atoms in total. The second-order valence-corrected chi connectivity index (χ2v) is 44.4. The predicted octanol–water partition coefficient (Wildman–Crippen LogP) is 29.6. The Morgan fingerprint density at radius 1 is 0.367 bits per heavy atom. The molecule has 147 heavy (non-hydrogen) atoms. The Kier molecular flexibility index (Phi) is 31.9. The van der Waals surface area contributed by atoms with Gasteiger partial charge in [0.25, 0.3) is 24.0 Å². The van der Waals surface area contributed by atoms with Crippen LogP contribution in [0.1, 0.15) is 107 Å². The Balaban J connectivity index is 0.000000129. The standard InChI is InChI=1S/C31H30Cl2N4O3.C30H28Cl2N4O.C27H24Cl2N4O3S.C26H22Cl2N4O/c1-30(2,3)40-29(38)37-14-12-31(13-15-37,19-39-28-35-26-17-24(32)25(33)18-27(26)36-28)22-10-8-20(9-11-22)21-6-5-7-23(16-21)34-4;1-33-24-4-2-3-22(15-24)21-7-9-23(10-8-21)30(11-13-36(14-12-30)18-20-5-6-20)19-37-29-34-27-16-25(31)26(32)17-28(27)35-29;1-30-21-5-3-4-19(14-21)18-6-8-20(9-7-18)27(10-12-33(13-11-27)37(2,34)35)17-36-26-31-24-15-22(28)23(29)16-25(24)32-26;1-29-20-4-2-3-18(13-20)17-5-7-19(8-6-17)26(9-11-30-12-10-26)16-33-25-31-23-14-21(27)22(28)15-24(23)32-25/h5-11,16-18H,12-15,19H2,1-3H3,(H,35,36);2-4,7-10,15-17,20H,5-6,11-14,18-19H2,(H,34,35);3-9,14-16H,10-13,17H2,2H3,(H,31,32);2-8,13-15,30H,9-12,16H2,(H,31,32). The van der Waals surface area contributed by atoms with Gasteiger partial charge in [-0.1, -0.05) is 263 Å². The summed E-state index contributed by atoms with van der Waals surface area (Å²) in [4.78, 5) is 62.3. The minimum atomic E-state index is -3.28. The van der Waals surface area contributed by atoms with Gasteiger partial charge in [0.05, 0.1) is 117 Å². The zero-order valence-corrected chi connectivity index (χ0v) is 87.9. The average molecular weight is 2140 g/mol. The van der Waals surface area contributed by atoms with Gasteiger partial charge in [0, 0.05) is 54.4 Å². The third-order valence-corrected chi connectivity index (χ3v) is 32.5. The lowest BCUT2D eigenvalue weighted by atomic mass is 9.73. The lowest BCUT2D eigenvalue weighted by Gasteiger charge is -2.42. The Morgan fingerprint density at radius 3 is 0.898 bits per heavy atom. The molecule has 0 spiro atoms. The first-order chi connectivity index (χ1) is 70.8. The number of aromatic amines is 4. The monoisotopic (exact) mass is 2140 g/mol. The molecule has 5 aliphatic rings. The first kappa shape index (κ1) is 104. The van der Waals surface area contributed by atoms with E-state index in [9.17, 15) is 13.2 Å². The van der Waals surface area contributed by atoms with Gasteiger partial charge in [0.1, 0.15) is 32.0 Å². The summed E-state index contributed by atoms with van der Waals surface area (Å²) in [7, 11) is -3.28. The Labute approximate surface area is 894 Å². The van der Waals surface area contributed by atoms with Crippen LogP contribution in [0.25, 0.3) is 108 Å². The largest absolute Gasteiger partial charge is 0.464 e. The molecule has 1 aliphatic carbocycles. The summed E-state index contributed by atoms with van der Waals surface area (Å²) in [6.07, 6.45) is 10.3. The minimum absolute atomic E-state index is 0.106. The maximum atomic E-state index is 12.8. The number of aromatic nitrogens is 8.